The highest BCUT2D eigenvalue weighted by Gasteiger charge is 2.33. The van der Waals surface area contributed by atoms with Crippen LogP contribution >= 0.6 is 0 Å². The van der Waals surface area contributed by atoms with Crippen molar-refractivity contribution in [3.05, 3.63) is 53.6 Å². The zero-order valence-electron chi connectivity index (χ0n) is 14.1. The molecule has 0 unspecified atom stereocenters. The first kappa shape index (κ1) is 16.7. The average molecular weight is 337 g/mol. The van der Waals surface area contributed by atoms with E-state index in [4.69, 9.17) is 4.74 Å². The van der Waals surface area contributed by atoms with Crippen molar-refractivity contribution in [3.8, 4) is 11.5 Å². The Kier molecular flexibility index (Phi) is 4.79. The van der Waals surface area contributed by atoms with Gasteiger partial charge in [-0.25, -0.2) is 0 Å². The second-order valence-corrected chi connectivity index (χ2v) is 5.59. The standard InChI is InChI=1S/C19H19N3O3/c1-3-10-22-16-7-5-4-6-15(16)18(19(22)24)21-20-12-13-11-14(25-2)8-9-17(13)23/h4-9,11-12,23H,3,10H2,1-2H3/b20-12+,21-18+. The maximum absolute atomic E-state index is 12.6. The molecule has 0 radical (unpaired) electrons. The van der Waals surface area contributed by atoms with E-state index in [1.807, 2.05) is 31.2 Å². The molecule has 0 atom stereocenters. The molecule has 0 saturated heterocycles. The van der Waals surface area contributed by atoms with Crippen LogP contribution in [0.1, 0.15) is 24.5 Å². The third-order valence-corrected chi connectivity index (χ3v) is 3.93. The van der Waals surface area contributed by atoms with Crippen LogP contribution in [0.25, 0.3) is 0 Å². The van der Waals surface area contributed by atoms with Gasteiger partial charge in [-0.15, -0.1) is 5.10 Å². The monoisotopic (exact) mass is 337 g/mol. The summed E-state index contributed by atoms with van der Waals surface area (Å²) in [5.74, 6) is 0.508. The smallest absolute Gasteiger partial charge is 0.279 e. The number of hydrogen-bond donors (Lipinski definition) is 1. The van der Waals surface area contributed by atoms with Gasteiger partial charge in [-0.3, -0.25) is 4.79 Å². The lowest BCUT2D eigenvalue weighted by molar-refractivity contribution is -0.112. The summed E-state index contributed by atoms with van der Waals surface area (Å²) in [6.45, 7) is 2.66. The molecule has 6 nitrogen and oxygen atoms in total. The number of phenols is 1. The fourth-order valence-electron chi connectivity index (χ4n) is 2.72. The van der Waals surface area contributed by atoms with Crippen LogP contribution in [0.4, 0.5) is 5.69 Å². The number of aromatic hydroxyl groups is 1. The summed E-state index contributed by atoms with van der Waals surface area (Å²) in [5, 5.41) is 18.0. The lowest BCUT2D eigenvalue weighted by atomic mass is 10.1. The number of rotatable bonds is 5. The van der Waals surface area contributed by atoms with Crippen molar-refractivity contribution >= 4 is 23.5 Å². The van der Waals surface area contributed by atoms with Gasteiger partial charge in [-0.05, 0) is 30.7 Å². The molecule has 1 aliphatic rings. The Morgan fingerprint density at radius 1 is 1.24 bits per heavy atom. The van der Waals surface area contributed by atoms with Gasteiger partial charge in [0.1, 0.15) is 11.5 Å². The third kappa shape index (κ3) is 3.24. The predicted octanol–water partition coefficient (Wildman–Crippen LogP) is 2.98. The van der Waals surface area contributed by atoms with Crippen molar-refractivity contribution in [2.75, 3.05) is 18.6 Å². The molecule has 0 saturated carbocycles. The largest absolute Gasteiger partial charge is 0.507 e. The number of carbonyl (C=O) groups is 1. The Morgan fingerprint density at radius 2 is 2.04 bits per heavy atom. The highest BCUT2D eigenvalue weighted by molar-refractivity contribution is 6.54. The number of nitrogens with zero attached hydrogens (tertiary/aromatic N) is 3. The summed E-state index contributed by atoms with van der Waals surface area (Å²) in [5.41, 5.74) is 2.40. The van der Waals surface area contributed by atoms with E-state index in [9.17, 15) is 9.90 Å². The van der Waals surface area contributed by atoms with E-state index in [1.165, 1.54) is 12.3 Å². The molecule has 0 fully saturated rings. The van der Waals surface area contributed by atoms with Gasteiger partial charge in [-0.2, -0.15) is 5.10 Å². The maximum atomic E-state index is 12.6. The maximum Gasteiger partial charge on any atom is 0.279 e. The van der Waals surface area contributed by atoms with Gasteiger partial charge >= 0.3 is 0 Å². The fourth-order valence-corrected chi connectivity index (χ4v) is 2.72. The number of methoxy groups -OCH3 is 1. The van der Waals surface area contributed by atoms with Gasteiger partial charge in [0.2, 0.25) is 0 Å². The number of carbonyl (C=O) groups excluding carboxylic acids is 1. The second-order valence-electron chi connectivity index (χ2n) is 5.59. The van der Waals surface area contributed by atoms with Gasteiger partial charge in [0.15, 0.2) is 5.71 Å². The number of phenolic OH excluding ortho intramolecular Hbond substituents is 1. The fraction of sp³-hybridized carbons (Fsp3) is 0.211. The normalized spacial score (nSPS) is 15.2. The number of amides is 1. The molecular weight excluding hydrogens is 318 g/mol. The molecule has 25 heavy (non-hydrogen) atoms. The van der Waals surface area contributed by atoms with Crippen molar-refractivity contribution in [3.63, 3.8) is 0 Å². The van der Waals surface area contributed by atoms with Gasteiger partial charge < -0.3 is 14.7 Å². The third-order valence-electron chi connectivity index (χ3n) is 3.93. The Labute approximate surface area is 146 Å². The van der Waals surface area contributed by atoms with E-state index < -0.39 is 0 Å². The molecule has 1 aliphatic heterocycles. The van der Waals surface area contributed by atoms with Gasteiger partial charge in [-0.1, -0.05) is 25.1 Å². The molecule has 1 N–H and O–H groups in total. The number of hydrogen-bond acceptors (Lipinski definition) is 5. The molecule has 2 aromatic rings. The van der Waals surface area contributed by atoms with Crippen LogP contribution in [0.2, 0.25) is 0 Å². The van der Waals surface area contributed by atoms with Crippen LogP contribution in [0.15, 0.2) is 52.7 Å². The molecule has 1 heterocycles. The Hall–Kier alpha value is -3.15. The average Bonchev–Trinajstić information content (AvgIpc) is 2.89. The van der Waals surface area contributed by atoms with Crippen LogP contribution in [-0.2, 0) is 4.79 Å². The number of ether oxygens (including phenoxy) is 1. The summed E-state index contributed by atoms with van der Waals surface area (Å²) in [6.07, 6.45) is 2.26. The van der Waals surface area contributed by atoms with Gasteiger partial charge in [0, 0.05) is 17.7 Å². The molecule has 1 amide bonds. The molecule has 0 aliphatic carbocycles. The summed E-state index contributed by atoms with van der Waals surface area (Å²) >= 11 is 0. The highest BCUT2D eigenvalue weighted by atomic mass is 16.5. The van der Waals surface area contributed by atoms with Gasteiger partial charge in [0.25, 0.3) is 5.91 Å². The Balaban J connectivity index is 1.92. The van der Waals surface area contributed by atoms with E-state index in [-0.39, 0.29) is 11.7 Å². The molecule has 2 aromatic carbocycles. The number of benzene rings is 2. The first-order chi connectivity index (χ1) is 12.2. The zero-order chi connectivity index (χ0) is 17.8. The molecule has 3 rings (SSSR count). The number of para-hydroxylation sites is 1. The minimum absolute atomic E-state index is 0.0653. The summed E-state index contributed by atoms with van der Waals surface area (Å²) in [4.78, 5) is 14.3. The van der Waals surface area contributed by atoms with E-state index >= 15 is 0 Å². The second kappa shape index (κ2) is 7.17. The van der Waals surface area contributed by atoms with E-state index in [0.717, 1.165) is 17.7 Å². The van der Waals surface area contributed by atoms with Crippen LogP contribution in [0, 0.1) is 0 Å². The van der Waals surface area contributed by atoms with Gasteiger partial charge in [0.05, 0.1) is 19.0 Å². The minimum Gasteiger partial charge on any atom is -0.507 e. The van der Waals surface area contributed by atoms with E-state index in [1.54, 1.807) is 24.1 Å². The van der Waals surface area contributed by atoms with Crippen molar-refractivity contribution in [2.45, 2.75) is 13.3 Å². The van der Waals surface area contributed by atoms with E-state index in [0.29, 0.717) is 23.6 Å². The lowest BCUT2D eigenvalue weighted by Crippen LogP contribution is -2.30. The quantitative estimate of drug-likeness (QED) is 0.673. The minimum atomic E-state index is -0.157. The van der Waals surface area contributed by atoms with Crippen molar-refractivity contribution < 1.29 is 14.6 Å². The predicted molar refractivity (Wildman–Crippen MR) is 97.9 cm³/mol. The molecule has 0 aromatic heterocycles. The van der Waals surface area contributed by atoms with Crippen LogP contribution in [0.5, 0.6) is 11.5 Å². The summed E-state index contributed by atoms with van der Waals surface area (Å²) in [6, 6.07) is 12.4. The van der Waals surface area contributed by atoms with E-state index in [2.05, 4.69) is 10.2 Å². The molecular formula is C19H19N3O3. The Morgan fingerprint density at radius 3 is 2.80 bits per heavy atom. The first-order valence-electron chi connectivity index (χ1n) is 8.05. The molecule has 6 heteroatoms. The lowest BCUT2D eigenvalue weighted by Gasteiger charge is -2.14. The van der Waals surface area contributed by atoms with Crippen molar-refractivity contribution in [2.24, 2.45) is 10.2 Å². The Bertz CT molecular complexity index is 859. The van der Waals surface area contributed by atoms with Crippen LogP contribution in [-0.4, -0.2) is 36.6 Å². The number of anilines is 1. The number of fused-ring (bicyclic) bond motifs is 1. The van der Waals surface area contributed by atoms with Crippen LogP contribution in [0.3, 0.4) is 0 Å². The topological polar surface area (TPSA) is 74.5 Å². The highest BCUT2D eigenvalue weighted by Crippen LogP contribution is 2.29. The zero-order valence-corrected chi connectivity index (χ0v) is 14.1. The molecule has 0 bridgehead atoms. The van der Waals surface area contributed by atoms with Crippen molar-refractivity contribution in [1.29, 1.82) is 0 Å². The summed E-state index contributed by atoms with van der Waals surface area (Å²) in [7, 11) is 1.55. The van der Waals surface area contributed by atoms with Crippen LogP contribution < -0.4 is 9.64 Å². The molecule has 128 valence electrons. The first-order valence-corrected chi connectivity index (χ1v) is 8.05. The molecule has 0 spiro atoms. The SMILES string of the molecule is CCCN1C(=O)/C(=N/N=C/c2cc(OC)ccc2O)c2ccccc21. The summed E-state index contributed by atoms with van der Waals surface area (Å²) < 4.78 is 5.12. The van der Waals surface area contributed by atoms with Crippen molar-refractivity contribution in [1.82, 2.24) is 0 Å².